The first-order valence-corrected chi connectivity index (χ1v) is 17.8. The van der Waals surface area contributed by atoms with E-state index in [-0.39, 0.29) is 30.2 Å². The number of carbonyl (C=O) groups is 4. The van der Waals surface area contributed by atoms with Gasteiger partial charge in [-0.25, -0.2) is 4.79 Å². The first-order valence-electron chi connectivity index (χ1n) is 17.8. The number of nitrogens with two attached hydrogens (primary N) is 1. The van der Waals surface area contributed by atoms with Crippen LogP contribution in [0.4, 0.5) is 23.7 Å². The predicted octanol–water partition coefficient (Wildman–Crippen LogP) is 4.37. The fourth-order valence-electron chi connectivity index (χ4n) is 6.78. The van der Waals surface area contributed by atoms with E-state index in [2.05, 4.69) is 17.6 Å². The van der Waals surface area contributed by atoms with Crippen LogP contribution in [0, 0.1) is 0 Å². The largest absolute Gasteiger partial charge is 0.542 e. The molecule has 0 radical (unpaired) electrons. The number of primary amides is 1. The first-order chi connectivity index (χ1) is 25.9. The molecule has 3 aromatic rings. The van der Waals surface area contributed by atoms with E-state index in [1.807, 2.05) is 32.0 Å². The monoisotopic (exact) mass is 773 g/mol. The van der Waals surface area contributed by atoms with Gasteiger partial charge in [-0.2, -0.15) is 13.2 Å². The van der Waals surface area contributed by atoms with Crippen LogP contribution in [-0.2, 0) is 22.6 Å². The number of benzene rings is 3. The average Bonchev–Trinajstić information content (AvgIpc) is 3.12. The number of urea groups is 1. The number of carboxylic acid groups (broad SMARTS) is 1. The van der Waals surface area contributed by atoms with Crippen molar-refractivity contribution in [1.82, 2.24) is 10.2 Å². The molecule has 0 saturated carbocycles. The SMILES string of the molecule is CCC[N+]1(Cc2ccc(OC)c(OC)c2)CCC[C@@H](N(C(=O)Nc2ccc(C(=O)NC(C)C)cc2)[C@@H](Cc2ccc(O)cc2)C(N)=O)C1.O=C([O-])C(F)(F)F. The molecule has 4 amide bonds. The Labute approximate surface area is 318 Å². The number of piperidine rings is 1. The molecule has 1 fully saturated rings. The zero-order valence-corrected chi connectivity index (χ0v) is 31.7. The van der Waals surface area contributed by atoms with E-state index in [1.165, 1.54) is 0 Å². The molecule has 0 bridgehead atoms. The number of amides is 4. The molecule has 3 atom stereocenters. The van der Waals surface area contributed by atoms with Crippen molar-refractivity contribution in [2.45, 2.75) is 77.3 Å². The molecule has 1 saturated heterocycles. The molecule has 0 spiro atoms. The number of likely N-dealkylation sites (tertiary alicyclic amines) is 1. The van der Waals surface area contributed by atoms with Gasteiger partial charge in [0, 0.05) is 29.3 Å². The van der Waals surface area contributed by atoms with Crippen LogP contribution in [0.1, 0.15) is 61.5 Å². The van der Waals surface area contributed by atoms with Gasteiger partial charge in [-0.3, -0.25) is 9.59 Å². The van der Waals surface area contributed by atoms with Crippen molar-refractivity contribution >= 4 is 29.5 Å². The van der Waals surface area contributed by atoms with Gasteiger partial charge in [-0.15, -0.1) is 0 Å². The maximum absolute atomic E-state index is 14.3. The highest BCUT2D eigenvalue weighted by atomic mass is 19.4. The second-order valence-corrected chi connectivity index (χ2v) is 13.7. The van der Waals surface area contributed by atoms with Gasteiger partial charge in [0.15, 0.2) is 11.5 Å². The van der Waals surface area contributed by atoms with Gasteiger partial charge in [0.25, 0.3) is 5.91 Å². The summed E-state index contributed by atoms with van der Waals surface area (Å²) in [5.74, 6) is -2.39. The molecule has 5 N–H and O–H groups in total. The summed E-state index contributed by atoms with van der Waals surface area (Å²) in [5.41, 5.74) is 8.90. The Hall–Kier alpha value is -5.51. The van der Waals surface area contributed by atoms with E-state index >= 15 is 0 Å². The molecule has 13 nitrogen and oxygen atoms in total. The highest BCUT2D eigenvalue weighted by Crippen LogP contribution is 2.33. The summed E-state index contributed by atoms with van der Waals surface area (Å²) in [6.07, 6.45) is -2.50. The Kier molecular flexibility index (Phi) is 15.7. The molecular formula is C39H50F3N5O8. The zero-order valence-electron chi connectivity index (χ0n) is 31.7. The van der Waals surface area contributed by atoms with E-state index < -0.39 is 30.1 Å². The van der Waals surface area contributed by atoms with Crippen LogP contribution in [-0.4, -0.2) is 96.5 Å². The van der Waals surface area contributed by atoms with Gasteiger partial charge < -0.3 is 50.2 Å². The fourth-order valence-corrected chi connectivity index (χ4v) is 6.78. The number of phenols is 1. The van der Waals surface area contributed by atoms with Gasteiger partial charge in [0.1, 0.15) is 24.3 Å². The van der Waals surface area contributed by atoms with Gasteiger partial charge in [0.05, 0.1) is 39.9 Å². The average molecular weight is 774 g/mol. The van der Waals surface area contributed by atoms with Crippen molar-refractivity contribution in [2.75, 3.05) is 39.2 Å². The minimum absolute atomic E-state index is 0.00905. The number of carbonyl (C=O) groups excluding carboxylic acids is 4. The third-order valence-electron chi connectivity index (χ3n) is 9.14. The highest BCUT2D eigenvalue weighted by Gasteiger charge is 2.43. The molecule has 1 unspecified atom stereocenters. The van der Waals surface area contributed by atoms with Gasteiger partial charge >= 0.3 is 12.2 Å². The van der Waals surface area contributed by atoms with Crippen LogP contribution in [0.5, 0.6) is 17.2 Å². The second kappa shape index (κ2) is 19.7. The lowest BCUT2D eigenvalue weighted by Gasteiger charge is -2.48. The van der Waals surface area contributed by atoms with E-state index in [0.717, 1.165) is 48.1 Å². The lowest BCUT2D eigenvalue weighted by atomic mass is 9.95. The fraction of sp³-hybridized carbons (Fsp3) is 0.436. The van der Waals surface area contributed by atoms with E-state index in [9.17, 15) is 32.7 Å². The number of methoxy groups -OCH3 is 2. The molecule has 1 heterocycles. The number of hydrogen-bond donors (Lipinski definition) is 4. The number of anilines is 1. The van der Waals surface area contributed by atoms with Crippen LogP contribution in [0.15, 0.2) is 66.7 Å². The molecule has 16 heteroatoms. The number of nitrogens with zero attached hydrogens (tertiary/aromatic N) is 2. The summed E-state index contributed by atoms with van der Waals surface area (Å²) in [5, 5.41) is 24.5. The number of nitrogens with one attached hydrogen (secondary N) is 2. The van der Waals surface area contributed by atoms with Crippen molar-refractivity contribution in [3.05, 3.63) is 83.4 Å². The summed E-state index contributed by atoms with van der Waals surface area (Å²) in [7, 11) is 3.24. The maximum atomic E-state index is 14.3. The number of quaternary nitrogens is 1. The van der Waals surface area contributed by atoms with Crippen molar-refractivity contribution in [1.29, 1.82) is 0 Å². The summed E-state index contributed by atoms with van der Waals surface area (Å²) < 4.78 is 43.3. The molecule has 1 aliphatic rings. The third kappa shape index (κ3) is 12.8. The Bertz CT molecular complexity index is 1750. The summed E-state index contributed by atoms with van der Waals surface area (Å²) in [6, 6.07) is 17.5. The topological polar surface area (TPSA) is 183 Å². The minimum Gasteiger partial charge on any atom is -0.542 e. The molecule has 1 aliphatic heterocycles. The number of rotatable bonds is 14. The molecule has 0 aromatic heterocycles. The van der Waals surface area contributed by atoms with E-state index in [1.54, 1.807) is 67.7 Å². The molecule has 4 rings (SSSR count). The number of aromatic hydroxyl groups is 1. The molecular weight excluding hydrogens is 723 g/mol. The number of hydrogen-bond acceptors (Lipinski definition) is 8. The van der Waals surface area contributed by atoms with Crippen LogP contribution >= 0.6 is 0 Å². The molecule has 300 valence electrons. The quantitative estimate of drug-likeness (QED) is 0.174. The maximum Gasteiger partial charge on any atom is 0.430 e. The Morgan fingerprint density at radius 1 is 0.982 bits per heavy atom. The third-order valence-corrected chi connectivity index (χ3v) is 9.14. The second-order valence-electron chi connectivity index (χ2n) is 13.7. The first kappa shape index (κ1) is 43.9. The number of phenolic OH excluding ortho intramolecular Hbond substituents is 1. The number of carboxylic acids is 1. The van der Waals surface area contributed by atoms with Crippen molar-refractivity contribution in [3.8, 4) is 17.2 Å². The van der Waals surface area contributed by atoms with E-state index in [4.69, 9.17) is 25.1 Å². The Morgan fingerprint density at radius 2 is 1.58 bits per heavy atom. The lowest BCUT2D eigenvalue weighted by Crippen LogP contribution is -2.64. The smallest absolute Gasteiger partial charge is 0.430 e. The highest BCUT2D eigenvalue weighted by molar-refractivity contribution is 5.96. The Balaban J connectivity index is 0.00000106. The normalized spacial score (nSPS) is 17.2. The number of ether oxygens (including phenoxy) is 2. The van der Waals surface area contributed by atoms with E-state index in [0.29, 0.717) is 35.7 Å². The van der Waals surface area contributed by atoms with Crippen LogP contribution in [0.25, 0.3) is 0 Å². The summed E-state index contributed by atoms with van der Waals surface area (Å²) >= 11 is 0. The zero-order chi connectivity index (χ0) is 40.9. The molecule has 3 aromatic carbocycles. The van der Waals surface area contributed by atoms with Gasteiger partial charge in [0.2, 0.25) is 5.91 Å². The van der Waals surface area contributed by atoms with Gasteiger partial charge in [-0.05, 0) is 93.3 Å². The summed E-state index contributed by atoms with van der Waals surface area (Å²) in [4.78, 5) is 50.4. The number of aliphatic carboxylic acids is 1. The van der Waals surface area contributed by atoms with Crippen LogP contribution in [0.2, 0.25) is 0 Å². The number of halogens is 3. The summed E-state index contributed by atoms with van der Waals surface area (Å²) in [6.45, 7) is 9.10. The van der Waals surface area contributed by atoms with Crippen molar-refractivity contribution < 1.29 is 56.5 Å². The van der Waals surface area contributed by atoms with Crippen molar-refractivity contribution in [3.63, 3.8) is 0 Å². The molecule has 0 aliphatic carbocycles. The minimum atomic E-state index is -5.19. The van der Waals surface area contributed by atoms with Crippen molar-refractivity contribution in [2.24, 2.45) is 5.73 Å². The molecule has 55 heavy (non-hydrogen) atoms. The number of alkyl halides is 3. The Morgan fingerprint density at radius 3 is 2.11 bits per heavy atom. The predicted molar refractivity (Wildman–Crippen MR) is 197 cm³/mol. The standard InChI is InChI=1S/C37H49N5O6.C2HF3O2/c1-6-19-42(23-27-11-18-33(47-4)34(22-27)48-5)20-7-8-30(24-42)41(32(35(38)44)21-26-9-16-31(43)17-10-26)37(46)40-29-14-12-28(13-15-29)36(45)39-25(2)3;3-2(4,5)1(6)7/h9-18,22,25,30,32H,6-8,19-21,23-24H2,1-5H3,(H4-,38,39,40,43,44,45,46);(H,6,7)/t30-,32+,42?;/m1./s1. The van der Waals surface area contributed by atoms with Crippen LogP contribution in [0.3, 0.4) is 0 Å². The van der Waals surface area contributed by atoms with Crippen LogP contribution < -0.4 is 30.9 Å². The van der Waals surface area contributed by atoms with Gasteiger partial charge in [-0.1, -0.05) is 19.1 Å². The lowest BCUT2D eigenvalue weighted by molar-refractivity contribution is -0.946.